The molecule has 0 fully saturated rings. The summed E-state index contributed by atoms with van der Waals surface area (Å²) in [6, 6.07) is 11.6. The first-order chi connectivity index (χ1) is 15.2. The topological polar surface area (TPSA) is 119 Å². The highest BCUT2D eigenvalue weighted by atomic mass is 19.1. The number of benzene rings is 2. The summed E-state index contributed by atoms with van der Waals surface area (Å²) in [5, 5.41) is 25.0. The van der Waals surface area contributed by atoms with Crippen LogP contribution in [0.15, 0.2) is 61.1 Å². The summed E-state index contributed by atoms with van der Waals surface area (Å²) in [5.41, 5.74) is 5.69. The van der Waals surface area contributed by atoms with Crippen LogP contribution in [0.5, 0.6) is 5.75 Å². The van der Waals surface area contributed by atoms with Gasteiger partial charge in [-0.2, -0.15) is 10.2 Å². The first-order valence-electron chi connectivity index (χ1n) is 9.48. The minimum atomic E-state index is -0.547. The molecule has 0 radical (unpaired) electrons. The summed E-state index contributed by atoms with van der Waals surface area (Å²) in [5.74, 6) is -0.162. The first-order valence-corrected chi connectivity index (χ1v) is 9.48. The van der Waals surface area contributed by atoms with Gasteiger partial charge in [0.05, 0.1) is 22.9 Å². The molecule has 2 aromatic carbocycles. The lowest BCUT2D eigenvalue weighted by atomic mass is 10.1. The van der Waals surface area contributed by atoms with E-state index in [4.69, 9.17) is 4.98 Å². The number of nitrogens with one attached hydrogen (secondary N) is 3. The van der Waals surface area contributed by atoms with Gasteiger partial charge < -0.3 is 10.1 Å². The molecule has 0 aliphatic rings. The molecule has 0 spiro atoms. The second-order valence-electron chi connectivity index (χ2n) is 7.16. The van der Waals surface area contributed by atoms with Crippen molar-refractivity contribution in [2.75, 3.05) is 0 Å². The fraction of sp³-hybridized carbons (Fsp3) is 0. The van der Waals surface area contributed by atoms with E-state index >= 15 is 0 Å². The number of H-pyrrole nitrogens is 3. The second kappa shape index (κ2) is 6.49. The molecule has 0 bridgehead atoms. The number of pyridine rings is 1. The molecule has 4 aromatic heterocycles. The van der Waals surface area contributed by atoms with E-state index < -0.39 is 5.82 Å². The van der Waals surface area contributed by atoms with Gasteiger partial charge in [-0.15, -0.1) is 0 Å². The standard InChI is InChI=1S/C22H14FN7O/c23-14-5-12(6-15(31)8-14)19-21-18(3-4-24-19)27-22(28-21)20-16-7-11(13-9-25-26-10-13)1-2-17(16)29-30-20/h1-10,31H,(H,25,26)(H,27,28)(H,29,30). The minimum Gasteiger partial charge on any atom is -0.508 e. The molecular formula is C22H14FN7O. The summed E-state index contributed by atoms with van der Waals surface area (Å²) in [7, 11) is 0. The third-order valence-corrected chi connectivity index (χ3v) is 5.18. The number of hydrogen-bond donors (Lipinski definition) is 4. The molecule has 31 heavy (non-hydrogen) atoms. The van der Waals surface area contributed by atoms with Crippen LogP contribution in [0.4, 0.5) is 4.39 Å². The van der Waals surface area contributed by atoms with Crippen LogP contribution in [0.3, 0.4) is 0 Å². The number of phenols is 1. The molecule has 0 aliphatic heterocycles. The Labute approximate surface area is 173 Å². The molecule has 150 valence electrons. The Kier molecular flexibility index (Phi) is 3.63. The Hall–Kier alpha value is -4.53. The summed E-state index contributed by atoms with van der Waals surface area (Å²) < 4.78 is 13.8. The van der Waals surface area contributed by atoms with Crippen molar-refractivity contribution in [3.05, 3.63) is 66.9 Å². The molecule has 0 saturated carbocycles. The molecule has 0 aliphatic carbocycles. The monoisotopic (exact) mass is 411 g/mol. The van der Waals surface area contributed by atoms with Gasteiger partial charge in [-0.3, -0.25) is 15.2 Å². The smallest absolute Gasteiger partial charge is 0.159 e. The summed E-state index contributed by atoms with van der Waals surface area (Å²) in [6.07, 6.45) is 5.20. The van der Waals surface area contributed by atoms with Gasteiger partial charge in [0.1, 0.15) is 22.8 Å². The SMILES string of the molecule is Oc1cc(F)cc(-c2nccc3[nH]c(-c4n[nH]c5ccc(-c6cn[nH]c6)cc45)nc23)c1. The number of nitrogens with zero attached hydrogens (tertiary/aromatic N) is 4. The van der Waals surface area contributed by atoms with Gasteiger partial charge in [0.2, 0.25) is 0 Å². The van der Waals surface area contributed by atoms with Crippen molar-refractivity contribution in [3.63, 3.8) is 0 Å². The quantitative estimate of drug-likeness (QED) is 0.344. The van der Waals surface area contributed by atoms with Gasteiger partial charge in [0.25, 0.3) is 0 Å². The predicted molar refractivity (Wildman–Crippen MR) is 114 cm³/mol. The molecule has 4 N–H and O–H groups in total. The Morgan fingerprint density at radius 2 is 1.84 bits per heavy atom. The van der Waals surface area contributed by atoms with E-state index in [0.717, 1.165) is 33.6 Å². The van der Waals surface area contributed by atoms with E-state index in [1.807, 2.05) is 24.4 Å². The van der Waals surface area contributed by atoms with E-state index in [0.29, 0.717) is 28.3 Å². The summed E-state index contributed by atoms with van der Waals surface area (Å²) in [6.45, 7) is 0. The number of hydrogen-bond acceptors (Lipinski definition) is 5. The minimum absolute atomic E-state index is 0.172. The molecule has 0 unspecified atom stereocenters. The maximum atomic E-state index is 13.8. The van der Waals surface area contributed by atoms with Crippen LogP contribution in [0.2, 0.25) is 0 Å². The number of aromatic nitrogens is 7. The third-order valence-electron chi connectivity index (χ3n) is 5.18. The fourth-order valence-electron chi connectivity index (χ4n) is 3.75. The molecule has 6 aromatic rings. The Morgan fingerprint density at radius 1 is 0.903 bits per heavy atom. The molecular weight excluding hydrogens is 397 g/mol. The highest BCUT2D eigenvalue weighted by Gasteiger charge is 2.17. The number of halogens is 1. The van der Waals surface area contributed by atoms with Crippen LogP contribution in [0, 0.1) is 5.82 Å². The van der Waals surface area contributed by atoms with Crippen LogP contribution < -0.4 is 0 Å². The van der Waals surface area contributed by atoms with Crippen LogP contribution in [0.25, 0.3) is 55.8 Å². The molecule has 0 atom stereocenters. The van der Waals surface area contributed by atoms with Gasteiger partial charge >= 0.3 is 0 Å². The lowest BCUT2D eigenvalue weighted by Crippen LogP contribution is -1.87. The molecule has 0 amide bonds. The molecule has 0 saturated heterocycles. The highest BCUT2D eigenvalue weighted by Crippen LogP contribution is 2.33. The fourth-order valence-corrected chi connectivity index (χ4v) is 3.75. The highest BCUT2D eigenvalue weighted by molar-refractivity contribution is 5.97. The van der Waals surface area contributed by atoms with E-state index in [2.05, 4.69) is 30.4 Å². The average molecular weight is 411 g/mol. The normalized spacial score (nSPS) is 11.5. The van der Waals surface area contributed by atoms with E-state index in [-0.39, 0.29) is 5.75 Å². The maximum absolute atomic E-state index is 13.8. The number of imidazole rings is 1. The molecule has 8 nitrogen and oxygen atoms in total. The lowest BCUT2D eigenvalue weighted by Gasteiger charge is -2.03. The van der Waals surface area contributed by atoms with Gasteiger partial charge in [-0.1, -0.05) is 6.07 Å². The van der Waals surface area contributed by atoms with E-state index in [9.17, 15) is 9.50 Å². The van der Waals surface area contributed by atoms with Crippen molar-refractivity contribution < 1.29 is 9.50 Å². The van der Waals surface area contributed by atoms with Gasteiger partial charge in [-0.05, 0) is 35.9 Å². The molecule has 4 heterocycles. The molecule has 6 rings (SSSR count). The van der Waals surface area contributed by atoms with Gasteiger partial charge in [-0.25, -0.2) is 9.37 Å². The van der Waals surface area contributed by atoms with Crippen molar-refractivity contribution in [1.29, 1.82) is 0 Å². The van der Waals surface area contributed by atoms with E-state index in [1.54, 1.807) is 18.5 Å². The van der Waals surface area contributed by atoms with Crippen molar-refractivity contribution in [1.82, 2.24) is 35.3 Å². The van der Waals surface area contributed by atoms with E-state index in [1.165, 1.54) is 12.1 Å². The first kappa shape index (κ1) is 17.3. The zero-order valence-corrected chi connectivity index (χ0v) is 15.9. The average Bonchev–Trinajstić information content (AvgIpc) is 3.50. The zero-order chi connectivity index (χ0) is 20.9. The van der Waals surface area contributed by atoms with Crippen LogP contribution in [-0.4, -0.2) is 40.5 Å². The van der Waals surface area contributed by atoms with Gasteiger partial charge in [0, 0.05) is 35.0 Å². The van der Waals surface area contributed by atoms with Crippen molar-refractivity contribution in [3.8, 4) is 39.7 Å². The predicted octanol–water partition coefficient (Wildman–Crippen LogP) is 4.40. The second-order valence-corrected chi connectivity index (χ2v) is 7.16. The number of aromatic amines is 3. The zero-order valence-electron chi connectivity index (χ0n) is 15.9. The van der Waals surface area contributed by atoms with Crippen LogP contribution in [-0.2, 0) is 0 Å². The van der Waals surface area contributed by atoms with Crippen LogP contribution >= 0.6 is 0 Å². The van der Waals surface area contributed by atoms with Crippen molar-refractivity contribution >= 4 is 21.9 Å². The van der Waals surface area contributed by atoms with Crippen LogP contribution in [0.1, 0.15) is 0 Å². The summed E-state index contributed by atoms with van der Waals surface area (Å²) >= 11 is 0. The van der Waals surface area contributed by atoms with Crippen molar-refractivity contribution in [2.45, 2.75) is 0 Å². The third kappa shape index (κ3) is 2.83. The maximum Gasteiger partial charge on any atom is 0.159 e. The van der Waals surface area contributed by atoms with Crippen molar-refractivity contribution in [2.24, 2.45) is 0 Å². The largest absolute Gasteiger partial charge is 0.508 e. The lowest BCUT2D eigenvalue weighted by molar-refractivity contribution is 0.469. The Morgan fingerprint density at radius 3 is 2.68 bits per heavy atom. The summed E-state index contributed by atoms with van der Waals surface area (Å²) in [4.78, 5) is 12.4. The Bertz CT molecular complexity index is 1550. The number of phenolic OH excluding ortho intramolecular Hbond substituents is 1. The number of aromatic hydroxyl groups is 1. The van der Waals surface area contributed by atoms with Gasteiger partial charge in [0.15, 0.2) is 5.82 Å². The molecule has 9 heteroatoms. The Balaban J connectivity index is 1.53. The number of fused-ring (bicyclic) bond motifs is 2. The number of rotatable bonds is 3.